The van der Waals surface area contributed by atoms with E-state index < -0.39 is 0 Å². The summed E-state index contributed by atoms with van der Waals surface area (Å²) < 4.78 is 0. The van der Waals surface area contributed by atoms with Crippen LogP contribution in [0.25, 0.3) is 0 Å². The lowest BCUT2D eigenvalue weighted by atomic mass is 9.68. The third-order valence-electron chi connectivity index (χ3n) is 8.83. The van der Waals surface area contributed by atoms with Crippen LogP contribution in [-0.2, 0) is 12.1 Å². The molecule has 178 valence electrons. The summed E-state index contributed by atoms with van der Waals surface area (Å²) in [7, 11) is 4.40. The van der Waals surface area contributed by atoms with Gasteiger partial charge in [-0.05, 0) is 81.8 Å². The molecule has 0 N–H and O–H groups in total. The van der Waals surface area contributed by atoms with Crippen molar-refractivity contribution in [3.05, 3.63) is 71.3 Å². The van der Waals surface area contributed by atoms with Crippen LogP contribution in [0.3, 0.4) is 0 Å². The molecule has 2 amide bonds. The van der Waals surface area contributed by atoms with E-state index in [0.29, 0.717) is 18.0 Å². The van der Waals surface area contributed by atoms with Crippen molar-refractivity contribution in [2.24, 2.45) is 5.92 Å². The number of hydrogen-bond acceptors (Lipinski definition) is 3. The van der Waals surface area contributed by atoms with E-state index in [1.54, 1.807) is 0 Å². The molecule has 0 aromatic heterocycles. The van der Waals surface area contributed by atoms with Crippen LogP contribution in [-0.4, -0.2) is 53.5 Å². The maximum atomic E-state index is 13.8. The number of carbonyl (C=O) groups excluding carboxylic acids is 1. The van der Waals surface area contributed by atoms with Crippen LogP contribution in [0.5, 0.6) is 0 Å². The lowest BCUT2D eigenvalue weighted by Gasteiger charge is -2.51. The Morgan fingerprint density at radius 2 is 1.76 bits per heavy atom. The summed E-state index contributed by atoms with van der Waals surface area (Å²) in [5, 5.41) is 9.29. The van der Waals surface area contributed by atoms with Crippen molar-refractivity contribution in [1.82, 2.24) is 14.7 Å². The summed E-state index contributed by atoms with van der Waals surface area (Å²) in [6.07, 6.45) is 7.93. The third kappa shape index (κ3) is 3.99. The lowest BCUT2D eigenvalue weighted by molar-refractivity contribution is 0.0159. The largest absolute Gasteiger partial charge is 0.320 e. The van der Waals surface area contributed by atoms with E-state index in [1.807, 2.05) is 29.2 Å². The van der Waals surface area contributed by atoms with Gasteiger partial charge >= 0.3 is 6.03 Å². The van der Waals surface area contributed by atoms with Gasteiger partial charge in [-0.2, -0.15) is 5.26 Å². The Morgan fingerprint density at radius 1 is 1.03 bits per heavy atom. The van der Waals surface area contributed by atoms with E-state index in [2.05, 4.69) is 60.3 Å². The smallest absolute Gasteiger partial charge is 0.318 e. The normalized spacial score (nSPS) is 27.3. The summed E-state index contributed by atoms with van der Waals surface area (Å²) in [6, 6.07) is 21.0. The van der Waals surface area contributed by atoms with Crippen molar-refractivity contribution in [3.63, 3.8) is 0 Å². The first-order valence-electron chi connectivity index (χ1n) is 12.7. The highest BCUT2D eigenvalue weighted by molar-refractivity contribution is 5.78. The SMILES string of the molecule is CN(C)C1(c2ccccc2)CCC2(CC1)CN(Cc1cccc(C#N)c1)C(=O)N2CC1CCC1. The Morgan fingerprint density at radius 3 is 2.38 bits per heavy atom. The zero-order valence-corrected chi connectivity index (χ0v) is 20.5. The Kier molecular flexibility index (Phi) is 6.12. The van der Waals surface area contributed by atoms with Crippen LogP contribution >= 0.6 is 0 Å². The van der Waals surface area contributed by atoms with Crippen LogP contribution < -0.4 is 0 Å². The van der Waals surface area contributed by atoms with Gasteiger partial charge in [0.05, 0.1) is 17.2 Å². The molecule has 5 rings (SSSR count). The summed E-state index contributed by atoms with van der Waals surface area (Å²) in [4.78, 5) is 20.5. The Labute approximate surface area is 204 Å². The second-order valence-corrected chi connectivity index (χ2v) is 10.9. The minimum Gasteiger partial charge on any atom is -0.318 e. The monoisotopic (exact) mass is 456 g/mol. The van der Waals surface area contributed by atoms with Gasteiger partial charge in [0, 0.05) is 25.2 Å². The molecule has 2 aromatic carbocycles. The zero-order chi connectivity index (χ0) is 23.8. The van der Waals surface area contributed by atoms with Crippen LogP contribution in [0.15, 0.2) is 54.6 Å². The number of rotatable bonds is 6. The number of urea groups is 1. The van der Waals surface area contributed by atoms with Crippen molar-refractivity contribution in [3.8, 4) is 6.07 Å². The summed E-state index contributed by atoms with van der Waals surface area (Å²) in [5.41, 5.74) is 3.01. The molecule has 0 atom stereocenters. The van der Waals surface area contributed by atoms with Crippen molar-refractivity contribution in [1.29, 1.82) is 5.26 Å². The number of amides is 2. The Bertz CT molecular complexity index is 1060. The maximum Gasteiger partial charge on any atom is 0.320 e. The molecule has 2 saturated carbocycles. The van der Waals surface area contributed by atoms with Gasteiger partial charge in [0.2, 0.25) is 0 Å². The second-order valence-electron chi connectivity index (χ2n) is 10.9. The van der Waals surface area contributed by atoms with Gasteiger partial charge in [0.15, 0.2) is 0 Å². The average molecular weight is 457 g/mol. The fourth-order valence-corrected chi connectivity index (χ4v) is 6.47. The highest BCUT2D eigenvalue weighted by Gasteiger charge is 2.54. The molecule has 1 spiro atoms. The molecule has 0 bridgehead atoms. The summed E-state index contributed by atoms with van der Waals surface area (Å²) in [5.74, 6) is 0.650. The van der Waals surface area contributed by atoms with Gasteiger partial charge in [-0.15, -0.1) is 0 Å². The van der Waals surface area contributed by atoms with Gasteiger partial charge in [-0.3, -0.25) is 4.90 Å². The summed E-state index contributed by atoms with van der Waals surface area (Å²) in [6.45, 7) is 2.26. The standard InChI is InChI=1S/C29H36N4O/c1-31(2)29(26-12-4-3-5-13-26)16-14-28(15-17-29)22-32(20-25-11-7-10-24(18-25)19-30)27(34)33(28)21-23-8-6-9-23/h3-5,7,10-13,18,23H,6,8-9,14-17,20-22H2,1-2H3. The predicted molar refractivity (Wildman–Crippen MR) is 134 cm³/mol. The molecule has 5 nitrogen and oxygen atoms in total. The van der Waals surface area contributed by atoms with E-state index in [1.165, 1.54) is 24.8 Å². The topological polar surface area (TPSA) is 50.6 Å². The van der Waals surface area contributed by atoms with Crippen LogP contribution in [0.1, 0.15) is 61.6 Å². The lowest BCUT2D eigenvalue weighted by Crippen LogP contribution is -2.56. The third-order valence-corrected chi connectivity index (χ3v) is 8.83. The number of benzene rings is 2. The van der Waals surface area contributed by atoms with Gasteiger partial charge in [-0.1, -0.05) is 48.9 Å². The predicted octanol–water partition coefficient (Wildman–Crippen LogP) is 5.37. The molecule has 1 heterocycles. The molecule has 34 heavy (non-hydrogen) atoms. The Balaban J connectivity index is 1.40. The van der Waals surface area contributed by atoms with E-state index in [9.17, 15) is 10.1 Å². The van der Waals surface area contributed by atoms with Crippen LogP contribution in [0, 0.1) is 17.2 Å². The average Bonchev–Trinajstić information content (AvgIpc) is 3.07. The van der Waals surface area contributed by atoms with Crippen molar-refractivity contribution in [2.75, 3.05) is 27.2 Å². The van der Waals surface area contributed by atoms with E-state index in [0.717, 1.165) is 44.3 Å². The van der Waals surface area contributed by atoms with Gasteiger partial charge in [0.1, 0.15) is 0 Å². The first-order valence-corrected chi connectivity index (χ1v) is 12.7. The molecular weight excluding hydrogens is 420 g/mol. The van der Waals surface area contributed by atoms with E-state index >= 15 is 0 Å². The minimum atomic E-state index is -0.0895. The number of nitrogens with zero attached hydrogens (tertiary/aromatic N) is 4. The van der Waals surface area contributed by atoms with Crippen molar-refractivity contribution < 1.29 is 4.79 Å². The molecule has 2 aliphatic carbocycles. The van der Waals surface area contributed by atoms with Gasteiger partial charge in [-0.25, -0.2) is 4.79 Å². The molecule has 1 saturated heterocycles. The molecule has 3 aliphatic rings. The molecule has 1 aliphatic heterocycles. The molecule has 0 unspecified atom stereocenters. The number of hydrogen-bond donors (Lipinski definition) is 0. The fourth-order valence-electron chi connectivity index (χ4n) is 6.47. The van der Waals surface area contributed by atoms with Crippen LogP contribution in [0.4, 0.5) is 4.79 Å². The highest BCUT2D eigenvalue weighted by atomic mass is 16.2. The van der Waals surface area contributed by atoms with Gasteiger partial charge in [0.25, 0.3) is 0 Å². The Hall–Kier alpha value is -2.84. The molecule has 5 heteroatoms. The second kappa shape index (κ2) is 9.07. The van der Waals surface area contributed by atoms with Crippen molar-refractivity contribution >= 4 is 6.03 Å². The molecule has 2 aromatic rings. The minimum absolute atomic E-state index is 0.0201. The number of carbonyl (C=O) groups is 1. The highest BCUT2D eigenvalue weighted by Crippen LogP contribution is 2.49. The van der Waals surface area contributed by atoms with E-state index in [-0.39, 0.29) is 17.1 Å². The van der Waals surface area contributed by atoms with Crippen LogP contribution in [0.2, 0.25) is 0 Å². The molecule has 3 fully saturated rings. The van der Waals surface area contributed by atoms with Crippen molar-refractivity contribution in [2.45, 2.75) is 62.6 Å². The summed E-state index contributed by atoms with van der Waals surface area (Å²) >= 11 is 0. The molecular formula is C29H36N4O. The van der Waals surface area contributed by atoms with Gasteiger partial charge < -0.3 is 9.80 Å². The first-order chi connectivity index (χ1) is 16.5. The first kappa shape index (κ1) is 22.9. The van der Waals surface area contributed by atoms with E-state index in [4.69, 9.17) is 0 Å². The molecule has 0 radical (unpaired) electrons. The fraction of sp³-hybridized carbons (Fsp3) is 0.517. The zero-order valence-electron chi connectivity index (χ0n) is 20.5. The quantitative estimate of drug-likeness (QED) is 0.587. The number of nitriles is 1. The maximum absolute atomic E-state index is 13.8.